The lowest BCUT2D eigenvalue weighted by molar-refractivity contribution is -0.122. The quantitative estimate of drug-likeness (QED) is 0.529. The summed E-state index contributed by atoms with van der Waals surface area (Å²) in [5.41, 5.74) is 1.26. The zero-order valence-electron chi connectivity index (χ0n) is 12.5. The Bertz CT molecular complexity index is 508. The predicted octanol–water partition coefficient (Wildman–Crippen LogP) is 0.213. The Morgan fingerprint density at radius 3 is 2.86 bits per heavy atom. The molecule has 0 aromatic carbocycles. The van der Waals surface area contributed by atoms with Gasteiger partial charge in [0.25, 0.3) is 0 Å². The zero-order valence-corrected chi connectivity index (χ0v) is 12.5. The van der Waals surface area contributed by atoms with E-state index in [9.17, 15) is 9.59 Å². The molecule has 1 saturated carbocycles. The smallest absolute Gasteiger partial charge is 0.341 e. The molecule has 1 heterocycles. The molecule has 1 aliphatic rings. The van der Waals surface area contributed by atoms with Crippen molar-refractivity contribution in [3.8, 4) is 0 Å². The Morgan fingerprint density at radius 2 is 2.19 bits per heavy atom. The van der Waals surface area contributed by atoms with Gasteiger partial charge in [-0.1, -0.05) is 0 Å². The second-order valence-electron chi connectivity index (χ2n) is 5.09. The number of amides is 1. The largest absolute Gasteiger partial charge is 0.462 e. The molecule has 1 amide bonds. The highest BCUT2D eigenvalue weighted by Gasteiger charge is 2.28. The molecule has 2 rings (SSSR count). The van der Waals surface area contributed by atoms with Crippen molar-refractivity contribution < 1.29 is 14.3 Å². The topological polar surface area (TPSA) is 85.2 Å². The van der Waals surface area contributed by atoms with E-state index in [1.165, 1.54) is 6.20 Å². The van der Waals surface area contributed by atoms with Crippen LogP contribution in [0.15, 0.2) is 6.20 Å². The van der Waals surface area contributed by atoms with Crippen molar-refractivity contribution in [1.82, 2.24) is 20.4 Å². The summed E-state index contributed by atoms with van der Waals surface area (Å²) in [7, 11) is 1.79. The monoisotopic (exact) mass is 294 g/mol. The van der Waals surface area contributed by atoms with Crippen LogP contribution in [-0.4, -0.2) is 41.4 Å². The Balaban J connectivity index is 1.75. The number of carbonyl (C=O) groups excluding carboxylic acids is 2. The van der Waals surface area contributed by atoms with Crippen molar-refractivity contribution in [2.24, 2.45) is 13.0 Å². The van der Waals surface area contributed by atoms with Crippen LogP contribution in [0.2, 0.25) is 0 Å². The van der Waals surface area contributed by atoms with E-state index in [4.69, 9.17) is 4.74 Å². The van der Waals surface area contributed by atoms with E-state index < -0.39 is 0 Å². The van der Waals surface area contributed by atoms with Crippen LogP contribution in [0.1, 0.15) is 35.8 Å². The number of hydrogen-bond acceptors (Lipinski definition) is 5. The van der Waals surface area contributed by atoms with E-state index in [1.807, 2.05) is 0 Å². The minimum Gasteiger partial charge on any atom is -0.462 e. The van der Waals surface area contributed by atoms with Gasteiger partial charge in [-0.25, -0.2) is 4.79 Å². The van der Waals surface area contributed by atoms with Gasteiger partial charge in [-0.2, -0.15) is 5.10 Å². The molecule has 0 spiro atoms. The van der Waals surface area contributed by atoms with Gasteiger partial charge in [0, 0.05) is 32.6 Å². The molecule has 1 aliphatic carbocycles. The normalized spacial score (nSPS) is 14.0. The van der Waals surface area contributed by atoms with Gasteiger partial charge in [0.2, 0.25) is 5.91 Å². The molecule has 7 heteroatoms. The van der Waals surface area contributed by atoms with Gasteiger partial charge in [0.05, 0.1) is 18.5 Å². The number of ether oxygens (including phenoxy) is 1. The summed E-state index contributed by atoms with van der Waals surface area (Å²) < 4.78 is 6.65. The summed E-state index contributed by atoms with van der Waals surface area (Å²) in [6, 6.07) is 0. The van der Waals surface area contributed by atoms with E-state index in [0.29, 0.717) is 31.8 Å². The molecular weight excluding hydrogens is 272 g/mol. The van der Waals surface area contributed by atoms with E-state index in [2.05, 4.69) is 15.7 Å². The van der Waals surface area contributed by atoms with Crippen molar-refractivity contribution in [3.05, 3.63) is 17.5 Å². The van der Waals surface area contributed by atoms with Gasteiger partial charge >= 0.3 is 5.97 Å². The summed E-state index contributed by atoms with van der Waals surface area (Å²) in [6.45, 7) is 3.85. The van der Waals surface area contributed by atoms with E-state index >= 15 is 0 Å². The second-order valence-corrected chi connectivity index (χ2v) is 5.09. The molecule has 0 bridgehead atoms. The second kappa shape index (κ2) is 7.21. The van der Waals surface area contributed by atoms with Gasteiger partial charge in [-0.3, -0.25) is 9.48 Å². The van der Waals surface area contributed by atoms with Crippen molar-refractivity contribution in [2.45, 2.75) is 26.3 Å². The average Bonchev–Trinajstić information content (AvgIpc) is 3.24. The SMILES string of the molecule is CCOC(=O)c1cnn(C)c1CNCCNC(=O)C1CC1. The maximum Gasteiger partial charge on any atom is 0.341 e. The number of rotatable bonds is 8. The van der Waals surface area contributed by atoms with Crippen LogP contribution in [0, 0.1) is 5.92 Å². The fourth-order valence-electron chi connectivity index (χ4n) is 2.02. The lowest BCUT2D eigenvalue weighted by Gasteiger charge is -2.08. The zero-order chi connectivity index (χ0) is 15.2. The molecule has 2 N–H and O–H groups in total. The van der Waals surface area contributed by atoms with E-state index in [1.54, 1.807) is 18.7 Å². The van der Waals surface area contributed by atoms with E-state index in [-0.39, 0.29) is 17.8 Å². The molecule has 0 unspecified atom stereocenters. The average molecular weight is 294 g/mol. The first-order valence-electron chi connectivity index (χ1n) is 7.30. The Kier molecular flexibility index (Phi) is 5.32. The molecule has 116 valence electrons. The molecule has 21 heavy (non-hydrogen) atoms. The minimum absolute atomic E-state index is 0.143. The van der Waals surface area contributed by atoms with Gasteiger partial charge in [-0.05, 0) is 19.8 Å². The number of nitrogens with one attached hydrogen (secondary N) is 2. The molecule has 0 aliphatic heterocycles. The first-order chi connectivity index (χ1) is 10.1. The fraction of sp³-hybridized carbons (Fsp3) is 0.643. The van der Waals surface area contributed by atoms with E-state index in [0.717, 1.165) is 18.5 Å². The lowest BCUT2D eigenvalue weighted by atomic mass is 10.2. The van der Waals surface area contributed by atoms with Gasteiger partial charge in [0.15, 0.2) is 0 Å². The number of hydrogen-bond donors (Lipinski definition) is 2. The van der Waals surface area contributed by atoms with Crippen molar-refractivity contribution >= 4 is 11.9 Å². The number of nitrogens with zero attached hydrogens (tertiary/aromatic N) is 2. The number of aromatic nitrogens is 2. The number of esters is 1. The third-order valence-corrected chi connectivity index (χ3v) is 3.40. The third-order valence-electron chi connectivity index (χ3n) is 3.40. The van der Waals surface area contributed by atoms with Gasteiger partial charge in [0.1, 0.15) is 5.56 Å². The molecule has 0 radical (unpaired) electrons. The number of carbonyl (C=O) groups is 2. The molecule has 7 nitrogen and oxygen atoms in total. The Labute approximate surface area is 124 Å². The Morgan fingerprint density at radius 1 is 1.43 bits per heavy atom. The number of aryl methyl sites for hydroxylation is 1. The minimum atomic E-state index is -0.357. The van der Waals surface area contributed by atoms with Crippen LogP contribution >= 0.6 is 0 Å². The maximum atomic E-state index is 11.8. The van der Waals surface area contributed by atoms with Crippen LogP contribution in [-0.2, 0) is 23.1 Å². The first kappa shape index (κ1) is 15.5. The summed E-state index contributed by atoms with van der Waals surface area (Å²) in [5, 5.41) is 10.2. The van der Waals surface area contributed by atoms with Crippen LogP contribution in [0.4, 0.5) is 0 Å². The highest BCUT2D eigenvalue weighted by Crippen LogP contribution is 2.28. The maximum absolute atomic E-state index is 11.8. The Hall–Kier alpha value is -1.89. The molecule has 0 saturated heterocycles. The van der Waals surface area contributed by atoms with Crippen molar-refractivity contribution in [2.75, 3.05) is 19.7 Å². The predicted molar refractivity (Wildman–Crippen MR) is 76.6 cm³/mol. The summed E-state index contributed by atoms with van der Waals surface area (Å²) >= 11 is 0. The summed E-state index contributed by atoms with van der Waals surface area (Å²) in [5.74, 6) is 0.0199. The first-order valence-corrected chi connectivity index (χ1v) is 7.30. The summed E-state index contributed by atoms with van der Waals surface area (Å²) in [4.78, 5) is 23.2. The van der Waals surface area contributed by atoms with Gasteiger partial charge < -0.3 is 15.4 Å². The third kappa shape index (κ3) is 4.29. The molecular formula is C14H22N4O3. The molecule has 0 atom stereocenters. The van der Waals surface area contributed by atoms with Gasteiger partial charge in [-0.15, -0.1) is 0 Å². The lowest BCUT2D eigenvalue weighted by Crippen LogP contribution is -2.33. The molecule has 1 aromatic rings. The van der Waals surface area contributed by atoms with Crippen molar-refractivity contribution in [3.63, 3.8) is 0 Å². The van der Waals surface area contributed by atoms with Crippen LogP contribution in [0.25, 0.3) is 0 Å². The van der Waals surface area contributed by atoms with Crippen LogP contribution in [0.3, 0.4) is 0 Å². The van der Waals surface area contributed by atoms with Crippen LogP contribution < -0.4 is 10.6 Å². The standard InChI is InChI=1S/C14H22N4O3/c1-3-21-14(20)11-8-17-18(2)12(11)9-15-6-7-16-13(19)10-4-5-10/h8,10,15H,3-7,9H2,1-2H3,(H,16,19). The molecule has 1 fully saturated rings. The molecule has 1 aromatic heterocycles. The highest BCUT2D eigenvalue weighted by atomic mass is 16.5. The van der Waals surface area contributed by atoms with Crippen LogP contribution in [0.5, 0.6) is 0 Å². The highest BCUT2D eigenvalue weighted by molar-refractivity contribution is 5.90. The fourth-order valence-corrected chi connectivity index (χ4v) is 2.02. The van der Waals surface area contributed by atoms with Crippen molar-refractivity contribution in [1.29, 1.82) is 0 Å². The summed E-state index contributed by atoms with van der Waals surface area (Å²) in [6.07, 6.45) is 3.54.